The van der Waals surface area contributed by atoms with Crippen LogP contribution in [0.5, 0.6) is 10.8 Å². The zero-order valence-electron chi connectivity index (χ0n) is 9.21. The van der Waals surface area contributed by atoms with Crippen molar-refractivity contribution in [1.29, 1.82) is 0 Å². The van der Waals surface area contributed by atoms with Crippen LogP contribution in [0.25, 0.3) is 5.69 Å². The van der Waals surface area contributed by atoms with E-state index in [2.05, 4.69) is 4.49 Å². The molecule has 0 aliphatic heterocycles. The fourth-order valence-electron chi connectivity index (χ4n) is 1.29. The van der Waals surface area contributed by atoms with Crippen LogP contribution in [0.15, 0.2) is 30.5 Å². The first kappa shape index (κ1) is 10.9. The number of methoxy groups -OCH3 is 1. The molecule has 0 aliphatic rings. The van der Waals surface area contributed by atoms with E-state index >= 15 is 0 Å². The maximum Gasteiger partial charge on any atom is 0.265 e. The maximum atomic E-state index is 5.36. The number of ether oxygens (including phenoxy) is 2. The van der Waals surface area contributed by atoms with E-state index in [1.54, 1.807) is 11.8 Å². The molecule has 0 unspecified atom stereocenters. The van der Waals surface area contributed by atoms with E-state index in [4.69, 9.17) is 9.47 Å². The third-order valence-electron chi connectivity index (χ3n) is 2.07. The van der Waals surface area contributed by atoms with Gasteiger partial charge < -0.3 is 9.47 Å². The third kappa shape index (κ3) is 2.30. The Labute approximate surface area is 98.2 Å². The van der Waals surface area contributed by atoms with Gasteiger partial charge in [0.1, 0.15) is 5.75 Å². The van der Waals surface area contributed by atoms with E-state index in [0.29, 0.717) is 6.61 Å². The van der Waals surface area contributed by atoms with Crippen molar-refractivity contribution in [3.8, 4) is 16.5 Å². The van der Waals surface area contributed by atoms with Gasteiger partial charge in [0.25, 0.3) is 11.3 Å². The molecule has 1 aromatic carbocycles. The summed E-state index contributed by atoms with van der Waals surface area (Å²) in [5.41, 5.74) is 0.989. The first-order valence-electron chi connectivity index (χ1n) is 4.99. The second kappa shape index (κ2) is 4.94. The molecule has 0 amide bonds. The van der Waals surface area contributed by atoms with Gasteiger partial charge in [0.2, 0.25) is 5.69 Å². The second-order valence-electron chi connectivity index (χ2n) is 3.10. The zero-order valence-corrected chi connectivity index (χ0v) is 10.0. The third-order valence-corrected chi connectivity index (χ3v) is 2.73. The van der Waals surface area contributed by atoms with Gasteiger partial charge in [0.05, 0.1) is 29.7 Å². The van der Waals surface area contributed by atoms with Crippen LogP contribution in [-0.4, -0.2) is 18.2 Å². The summed E-state index contributed by atoms with van der Waals surface area (Å²) in [5.74, 6) is 0.838. The summed E-state index contributed by atoms with van der Waals surface area (Å²) in [7, 11) is 1.65. The highest BCUT2D eigenvalue weighted by atomic mass is 32.1. The first-order chi connectivity index (χ1) is 7.83. The number of nitrogens with zero attached hydrogens (tertiary/aromatic N) is 2. The minimum atomic E-state index is 0.658. The molecule has 0 saturated heterocycles. The average Bonchev–Trinajstić information content (AvgIpc) is 2.78. The summed E-state index contributed by atoms with van der Waals surface area (Å²) in [5, 5.41) is 0.818. The van der Waals surface area contributed by atoms with Crippen LogP contribution >= 0.6 is 11.5 Å². The second-order valence-corrected chi connectivity index (χ2v) is 3.84. The van der Waals surface area contributed by atoms with Crippen LogP contribution in [0.3, 0.4) is 0 Å². The highest BCUT2D eigenvalue weighted by molar-refractivity contribution is 7.07. The van der Waals surface area contributed by atoms with Crippen LogP contribution < -0.4 is 14.2 Å². The van der Waals surface area contributed by atoms with Crippen molar-refractivity contribution in [2.45, 2.75) is 6.92 Å². The molecule has 0 spiro atoms. The molecular formula is C11H13N2O2S+. The van der Waals surface area contributed by atoms with Crippen molar-refractivity contribution in [2.75, 3.05) is 13.7 Å². The Morgan fingerprint density at radius 2 is 2.06 bits per heavy atom. The lowest BCUT2D eigenvalue weighted by atomic mass is 10.3. The Morgan fingerprint density at radius 1 is 1.31 bits per heavy atom. The van der Waals surface area contributed by atoms with Gasteiger partial charge in [-0.3, -0.25) is 0 Å². The number of rotatable bonds is 4. The molecule has 16 heavy (non-hydrogen) atoms. The molecular weight excluding hydrogens is 224 g/mol. The number of hydrogen-bond donors (Lipinski definition) is 0. The summed E-state index contributed by atoms with van der Waals surface area (Å²) in [6.45, 7) is 2.61. The number of benzene rings is 1. The fourth-order valence-corrected chi connectivity index (χ4v) is 1.92. The minimum Gasteiger partial charge on any atom is -0.497 e. The predicted molar refractivity (Wildman–Crippen MR) is 61.4 cm³/mol. The average molecular weight is 237 g/mol. The van der Waals surface area contributed by atoms with Crippen molar-refractivity contribution in [3.05, 3.63) is 30.5 Å². The van der Waals surface area contributed by atoms with E-state index in [-0.39, 0.29) is 0 Å². The number of aromatic nitrogens is 2. The van der Waals surface area contributed by atoms with Crippen molar-refractivity contribution in [2.24, 2.45) is 0 Å². The summed E-state index contributed by atoms with van der Waals surface area (Å²) < 4.78 is 16.5. The van der Waals surface area contributed by atoms with E-state index in [1.807, 2.05) is 37.4 Å². The molecule has 2 aromatic rings. The van der Waals surface area contributed by atoms with Gasteiger partial charge in [0, 0.05) is 12.1 Å². The monoisotopic (exact) mass is 237 g/mol. The minimum absolute atomic E-state index is 0.658. The highest BCUT2D eigenvalue weighted by Crippen LogP contribution is 2.15. The number of hydrogen-bond acceptors (Lipinski definition) is 4. The van der Waals surface area contributed by atoms with Gasteiger partial charge >= 0.3 is 0 Å². The van der Waals surface area contributed by atoms with E-state index in [9.17, 15) is 0 Å². The maximum absolute atomic E-state index is 5.36. The Kier molecular flexibility index (Phi) is 3.36. The van der Waals surface area contributed by atoms with Gasteiger partial charge in [-0.05, 0) is 23.7 Å². The lowest BCUT2D eigenvalue weighted by molar-refractivity contribution is -0.651. The van der Waals surface area contributed by atoms with Crippen molar-refractivity contribution in [1.82, 2.24) is 4.49 Å². The van der Waals surface area contributed by atoms with Crippen LogP contribution in [0.2, 0.25) is 0 Å². The largest absolute Gasteiger partial charge is 0.497 e. The Balaban J connectivity index is 2.21. The molecule has 0 radical (unpaired) electrons. The van der Waals surface area contributed by atoms with Crippen molar-refractivity contribution in [3.63, 3.8) is 0 Å². The molecule has 4 nitrogen and oxygen atoms in total. The summed E-state index contributed by atoms with van der Waals surface area (Å²) in [6, 6.07) is 7.71. The van der Waals surface area contributed by atoms with Crippen LogP contribution in [0.4, 0.5) is 0 Å². The van der Waals surface area contributed by atoms with Crippen LogP contribution in [0, 0.1) is 0 Å². The predicted octanol–water partition coefficient (Wildman–Crippen LogP) is 1.83. The quantitative estimate of drug-likeness (QED) is 0.761. The molecule has 0 fully saturated rings. The first-order valence-corrected chi connectivity index (χ1v) is 5.76. The van der Waals surface area contributed by atoms with E-state index in [0.717, 1.165) is 16.5 Å². The van der Waals surface area contributed by atoms with E-state index in [1.165, 1.54) is 11.5 Å². The summed E-state index contributed by atoms with van der Waals surface area (Å²) in [6.07, 6.45) is 1.87. The zero-order chi connectivity index (χ0) is 11.4. The SMILES string of the molecule is CCOc1c[n+](-c2ccc(OC)cc2)ns1. The normalized spacial score (nSPS) is 10.1. The van der Waals surface area contributed by atoms with Gasteiger partial charge in [-0.2, -0.15) is 0 Å². The molecule has 0 aliphatic carbocycles. The molecule has 1 aromatic heterocycles. The van der Waals surface area contributed by atoms with Gasteiger partial charge in [-0.15, -0.1) is 0 Å². The lowest BCUT2D eigenvalue weighted by Crippen LogP contribution is -2.30. The van der Waals surface area contributed by atoms with Gasteiger partial charge in [-0.1, -0.05) is 0 Å². The summed E-state index contributed by atoms with van der Waals surface area (Å²) >= 11 is 1.34. The van der Waals surface area contributed by atoms with E-state index < -0.39 is 0 Å². The smallest absolute Gasteiger partial charge is 0.265 e. The van der Waals surface area contributed by atoms with Crippen LogP contribution in [0.1, 0.15) is 6.92 Å². The lowest BCUT2D eigenvalue weighted by Gasteiger charge is -1.96. The Morgan fingerprint density at radius 3 is 2.69 bits per heavy atom. The Bertz CT molecular complexity index is 453. The topological polar surface area (TPSA) is 35.2 Å². The molecule has 1 heterocycles. The molecule has 84 valence electrons. The van der Waals surface area contributed by atoms with Gasteiger partial charge in [-0.25, -0.2) is 0 Å². The molecule has 5 heteroatoms. The van der Waals surface area contributed by atoms with Gasteiger partial charge in [0.15, 0.2) is 0 Å². The standard InChI is InChI=1S/C11H13N2O2S/c1-3-15-11-8-13(12-16-11)9-4-6-10(14-2)7-5-9/h4-8H,3H2,1-2H3/q+1. The molecule has 0 atom stereocenters. The molecule has 0 bridgehead atoms. The van der Waals surface area contributed by atoms with Crippen LogP contribution in [-0.2, 0) is 0 Å². The van der Waals surface area contributed by atoms with Crippen molar-refractivity contribution >= 4 is 11.5 Å². The fraction of sp³-hybridized carbons (Fsp3) is 0.273. The molecule has 2 rings (SSSR count). The molecule has 0 saturated carbocycles. The summed E-state index contributed by atoms with van der Waals surface area (Å²) in [4.78, 5) is 0. The van der Waals surface area contributed by atoms with Crippen molar-refractivity contribution < 1.29 is 14.2 Å². The molecule has 0 N–H and O–H groups in total. The Hall–Kier alpha value is -1.62. The highest BCUT2D eigenvalue weighted by Gasteiger charge is 2.13.